The number of rotatable bonds is 2. The zero-order chi connectivity index (χ0) is 11.0. The third-order valence-corrected chi connectivity index (χ3v) is 3.06. The van der Waals surface area contributed by atoms with E-state index in [0.717, 1.165) is 32.7 Å². The first-order valence-corrected chi connectivity index (χ1v) is 5.21. The Kier molecular flexibility index (Phi) is 2.48. The summed E-state index contributed by atoms with van der Waals surface area (Å²) in [5.41, 5.74) is 5.15. The van der Waals surface area contributed by atoms with E-state index in [4.69, 9.17) is 5.73 Å². The van der Waals surface area contributed by atoms with Gasteiger partial charge < -0.3 is 15.5 Å². The molecule has 0 bridgehead atoms. The van der Waals surface area contributed by atoms with Crippen LogP contribution < -0.4 is 21.5 Å². The van der Waals surface area contributed by atoms with Crippen LogP contribution in [0.2, 0.25) is 0 Å². The van der Waals surface area contributed by atoms with Gasteiger partial charge in [-0.3, -0.25) is 9.59 Å². The summed E-state index contributed by atoms with van der Waals surface area (Å²) in [7, 11) is 0. The van der Waals surface area contributed by atoms with Crippen molar-refractivity contribution >= 4 is 11.4 Å². The first kappa shape index (κ1) is 10.2. The summed E-state index contributed by atoms with van der Waals surface area (Å²) in [6.45, 7) is 6.55. The van der Waals surface area contributed by atoms with Gasteiger partial charge in [-0.15, -0.1) is 0 Å². The lowest BCUT2D eigenvalue weighted by Crippen LogP contribution is -2.51. The number of piperazine rings is 1. The molecule has 2 N–H and O–H groups in total. The van der Waals surface area contributed by atoms with Crippen molar-refractivity contribution in [3.8, 4) is 0 Å². The van der Waals surface area contributed by atoms with Gasteiger partial charge in [-0.1, -0.05) is 6.92 Å². The lowest BCUT2D eigenvalue weighted by molar-refractivity contribution is 0.271. The van der Waals surface area contributed by atoms with Gasteiger partial charge >= 0.3 is 0 Å². The first-order chi connectivity index (χ1) is 7.15. The zero-order valence-electron chi connectivity index (χ0n) is 8.82. The van der Waals surface area contributed by atoms with Crippen molar-refractivity contribution in [2.45, 2.75) is 6.92 Å². The van der Waals surface area contributed by atoms with E-state index in [0.29, 0.717) is 5.69 Å². The summed E-state index contributed by atoms with van der Waals surface area (Å²) >= 11 is 0. The highest BCUT2D eigenvalue weighted by atomic mass is 16.2. The van der Waals surface area contributed by atoms with Crippen LogP contribution in [0.3, 0.4) is 0 Å². The lowest BCUT2D eigenvalue weighted by Gasteiger charge is -2.35. The molecule has 0 aromatic heterocycles. The molecule has 15 heavy (non-hydrogen) atoms. The summed E-state index contributed by atoms with van der Waals surface area (Å²) in [4.78, 5) is 26.5. The van der Waals surface area contributed by atoms with Crippen molar-refractivity contribution in [3.05, 3.63) is 20.4 Å². The molecular weight excluding hydrogens is 194 g/mol. The minimum absolute atomic E-state index is 0.143. The Bertz CT molecular complexity index is 426. The number of hydrogen-bond acceptors (Lipinski definition) is 5. The molecule has 5 heteroatoms. The highest BCUT2D eigenvalue weighted by Gasteiger charge is 2.26. The molecule has 0 aliphatic carbocycles. The number of nitrogens with zero attached hydrogens (tertiary/aromatic N) is 2. The second kappa shape index (κ2) is 3.66. The molecule has 82 valence electrons. The molecule has 1 aliphatic heterocycles. The van der Waals surface area contributed by atoms with Gasteiger partial charge in [0.15, 0.2) is 0 Å². The maximum atomic E-state index is 11.3. The van der Waals surface area contributed by atoms with Crippen LogP contribution in [0.15, 0.2) is 9.59 Å². The van der Waals surface area contributed by atoms with Crippen molar-refractivity contribution in [3.63, 3.8) is 0 Å². The van der Waals surface area contributed by atoms with Crippen LogP contribution in [0.4, 0.5) is 11.4 Å². The summed E-state index contributed by atoms with van der Waals surface area (Å²) in [6, 6.07) is 0. The standard InChI is InChI=1S/C10H15N3O2/c1-2-12-3-5-13(6-4-12)8-7(11)9(14)10(8)15/h2-6,11H2,1H3. The summed E-state index contributed by atoms with van der Waals surface area (Å²) in [5.74, 6) is 0. The van der Waals surface area contributed by atoms with Crippen molar-refractivity contribution in [2.75, 3.05) is 43.4 Å². The third-order valence-electron chi connectivity index (χ3n) is 3.06. The Morgan fingerprint density at radius 3 is 2.20 bits per heavy atom. The van der Waals surface area contributed by atoms with Crippen molar-refractivity contribution in [2.24, 2.45) is 0 Å². The highest BCUT2D eigenvalue weighted by molar-refractivity contribution is 5.72. The lowest BCUT2D eigenvalue weighted by atomic mass is 10.1. The fourth-order valence-electron chi connectivity index (χ4n) is 2.00. The monoisotopic (exact) mass is 209 g/mol. The summed E-state index contributed by atoms with van der Waals surface area (Å²) in [6.07, 6.45) is 0. The predicted molar refractivity (Wildman–Crippen MR) is 60.1 cm³/mol. The number of nitrogen functional groups attached to an aromatic ring is 1. The summed E-state index contributed by atoms with van der Waals surface area (Å²) < 4.78 is 0. The van der Waals surface area contributed by atoms with E-state index >= 15 is 0 Å². The van der Waals surface area contributed by atoms with Gasteiger partial charge in [0.05, 0.1) is 0 Å². The van der Waals surface area contributed by atoms with Crippen LogP contribution >= 0.6 is 0 Å². The molecule has 0 atom stereocenters. The Morgan fingerprint density at radius 1 is 1.13 bits per heavy atom. The molecule has 1 heterocycles. The number of hydrogen-bond donors (Lipinski definition) is 1. The minimum Gasteiger partial charge on any atom is -0.394 e. The van der Waals surface area contributed by atoms with Crippen molar-refractivity contribution in [1.82, 2.24) is 4.90 Å². The van der Waals surface area contributed by atoms with Gasteiger partial charge in [-0.25, -0.2) is 0 Å². The minimum atomic E-state index is -0.525. The van der Waals surface area contributed by atoms with Crippen LogP contribution in [-0.4, -0.2) is 37.6 Å². The van der Waals surface area contributed by atoms with Crippen LogP contribution in [0.25, 0.3) is 0 Å². The molecule has 0 spiro atoms. The van der Waals surface area contributed by atoms with Crippen LogP contribution in [0.5, 0.6) is 0 Å². The van der Waals surface area contributed by atoms with Gasteiger partial charge in [0.1, 0.15) is 11.4 Å². The Balaban J connectivity index is 2.09. The van der Waals surface area contributed by atoms with Gasteiger partial charge in [0.25, 0.3) is 10.9 Å². The topological polar surface area (TPSA) is 66.6 Å². The van der Waals surface area contributed by atoms with E-state index in [1.165, 1.54) is 0 Å². The second-order valence-corrected chi connectivity index (χ2v) is 3.84. The molecule has 1 saturated heterocycles. The summed E-state index contributed by atoms with van der Waals surface area (Å²) in [5, 5.41) is 0. The number of anilines is 2. The zero-order valence-corrected chi connectivity index (χ0v) is 8.82. The average Bonchev–Trinajstić information content (AvgIpc) is 2.30. The Labute approximate surface area is 87.8 Å². The quantitative estimate of drug-likeness (QED) is 0.633. The Morgan fingerprint density at radius 2 is 1.73 bits per heavy atom. The van der Waals surface area contributed by atoms with E-state index < -0.39 is 10.9 Å². The van der Waals surface area contributed by atoms with Crippen molar-refractivity contribution in [1.29, 1.82) is 0 Å². The predicted octanol–water partition coefficient (Wildman–Crippen LogP) is -0.993. The van der Waals surface area contributed by atoms with Gasteiger partial charge in [0, 0.05) is 26.2 Å². The molecule has 1 aromatic rings. The maximum absolute atomic E-state index is 11.3. The molecule has 5 nitrogen and oxygen atoms in total. The molecule has 0 saturated carbocycles. The molecular formula is C10H15N3O2. The number of likely N-dealkylation sites (N-methyl/N-ethyl adjacent to an activating group) is 1. The molecule has 2 rings (SSSR count). The molecule has 1 fully saturated rings. The van der Waals surface area contributed by atoms with Gasteiger partial charge in [-0.2, -0.15) is 0 Å². The molecule has 1 aromatic carbocycles. The maximum Gasteiger partial charge on any atom is 0.253 e. The van der Waals surface area contributed by atoms with E-state index in [9.17, 15) is 9.59 Å². The van der Waals surface area contributed by atoms with Crippen LogP contribution in [0.1, 0.15) is 6.92 Å². The first-order valence-electron chi connectivity index (χ1n) is 5.21. The van der Waals surface area contributed by atoms with E-state index in [-0.39, 0.29) is 5.69 Å². The fourth-order valence-corrected chi connectivity index (χ4v) is 2.00. The molecule has 1 aliphatic rings. The normalized spacial score (nSPS) is 18.6. The van der Waals surface area contributed by atoms with Crippen molar-refractivity contribution < 1.29 is 0 Å². The molecule has 0 radical (unpaired) electrons. The Hall–Kier alpha value is -1.36. The third kappa shape index (κ3) is 1.52. The van der Waals surface area contributed by atoms with E-state index in [2.05, 4.69) is 11.8 Å². The van der Waals surface area contributed by atoms with E-state index in [1.807, 2.05) is 4.90 Å². The smallest absolute Gasteiger partial charge is 0.253 e. The number of nitrogens with two attached hydrogens (primary N) is 1. The van der Waals surface area contributed by atoms with Crippen LogP contribution in [-0.2, 0) is 0 Å². The van der Waals surface area contributed by atoms with E-state index in [1.54, 1.807) is 0 Å². The van der Waals surface area contributed by atoms with Crippen LogP contribution in [0, 0.1) is 0 Å². The average molecular weight is 209 g/mol. The molecule has 0 unspecified atom stereocenters. The highest BCUT2D eigenvalue weighted by Crippen LogP contribution is 2.17. The SMILES string of the molecule is CCN1CCN(c2c(N)c(=O)c2=O)CC1. The fraction of sp³-hybridized carbons (Fsp3) is 0.600. The largest absolute Gasteiger partial charge is 0.394 e. The van der Waals surface area contributed by atoms with Gasteiger partial charge in [0.2, 0.25) is 0 Å². The second-order valence-electron chi connectivity index (χ2n) is 3.84. The molecule has 0 amide bonds. The van der Waals surface area contributed by atoms with Gasteiger partial charge in [-0.05, 0) is 6.54 Å².